The van der Waals surface area contributed by atoms with Crippen LogP contribution in [0.1, 0.15) is 251 Å². The first-order valence-electron chi connectivity index (χ1n) is 25.0. The zero-order valence-corrected chi connectivity index (χ0v) is 38.1. The van der Waals surface area contributed by atoms with E-state index in [1.54, 1.807) is 6.08 Å². The molecule has 0 fully saturated rings. The number of amides is 1. The highest BCUT2D eigenvalue weighted by Gasteiger charge is 2.17. The van der Waals surface area contributed by atoms with E-state index < -0.39 is 12.1 Å². The summed E-state index contributed by atoms with van der Waals surface area (Å²) in [6, 6.07) is -0.652. The van der Waals surface area contributed by atoms with Crippen molar-refractivity contribution >= 4 is 5.91 Å². The molecule has 0 bridgehead atoms. The summed E-state index contributed by atoms with van der Waals surface area (Å²) in [5.41, 5.74) is 0. The number of aliphatic hydroxyl groups is 2. The monoisotopic (exact) mass is 796 g/mol. The lowest BCUT2D eigenvalue weighted by Gasteiger charge is -2.19. The smallest absolute Gasteiger partial charge is 0.220 e. The Morgan fingerprint density at radius 3 is 1.16 bits per heavy atom. The van der Waals surface area contributed by atoms with Crippen molar-refractivity contribution < 1.29 is 15.0 Å². The summed E-state index contributed by atoms with van der Waals surface area (Å²) in [4.78, 5) is 12.4. The van der Waals surface area contributed by atoms with Crippen LogP contribution in [-0.2, 0) is 4.79 Å². The van der Waals surface area contributed by atoms with Crippen LogP contribution in [0.4, 0.5) is 0 Å². The SMILES string of the molecule is CCCCC/C=C\C/C=C\CCCCCCCCCC(=O)NC(CO)C(O)/C=C/CC/C=C/CC/C=C/CCCCCCCCCCCCCCCCCCCC. The molecule has 0 radical (unpaired) electrons. The second kappa shape index (κ2) is 48.5. The van der Waals surface area contributed by atoms with E-state index in [4.69, 9.17) is 0 Å². The summed E-state index contributed by atoms with van der Waals surface area (Å²) in [6.45, 7) is 4.27. The lowest BCUT2D eigenvalue weighted by atomic mass is 10.0. The Morgan fingerprint density at radius 1 is 0.421 bits per heavy atom. The Morgan fingerprint density at radius 2 is 0.737 bits per heavy atom. The molecule has 3 N–H and O–H groups in total. The molecule has 57 heavy (non-hydrogen) atoms. The van der Waals surface area contributed by atoms with E-state index in [1.807, 2.05) is 6.08 Å². The van der Waals surface area contributed by atoms with Gasteiger partial charge in [0.25, 0.3) is 0 Å². The third kappa shape index (κ3) is 45.0. The third-order valence-electron chi connectivity index (χ3n) is 11.2. The van der Waals surface area contributed by atoms with Gasteiger partial charge in [-0.15, -0.1) is 0 Å². The molecule has 0 saturated carbocycles. The zero-order valence-electron chi connectivity index (χ0n) is 38.1. The Kier molecular flexibility index (Phi) is 46.8. The number of rotatable bonds is 45. The summed E-state index contributed by atoms with van der Waals surface area (Å²) >= 11 is 0. The van der Waals surface area contributed by atoms with Gasteiger partial charge in [-0.1, -0.05) is 229 Å². The number of carbonyl (C=O) groups excluding carboxylic acids is 1. The van der Waals surface area contributed by atoms with Gasteiger partial charge in [-0.3, -0.25) is 4.79 Å². The molecule has 0 rings (SSSR count). The summed E-state index contributed by atoms with van der Waals surface area (Å²) in [5, 5.41) is 23.0. The average molecular weight is 796 g/mol. The minimum atomic E-state index is -0.876. The summed E-state index contributed by atoms with van der Waals surface area (Å²) in [7, 11) is 0. The quantitative estimate of drug-likeness (QED) is 0.0425. The summed E-state index contributed by atoms with van der Waals surface area (Å²) < 4.78 is 0. The van der Waals surface area contributed by atoms with Gasteiger partial charge in [0.05, 0.1) is 18.8 Å². The van der Waals surface area contributed by atoms with E-state index in [1.165, 1.54) is 180 Å². The van der Waals surface area contributed by atoms with Gasteiger partial charge in [-0.25, -0.2) is 0 Å². The van der Waals surface area contributed by atoms with Crippen molar-refractivity contribution in [3.63, 3.8) is 0 Å². The number of nitrogens with one attached hydrogen (secondary N) is 1. The molecule has 0 aromatic heterocycles. The number of carbonyl (C=O) groups is 1. The Bertz CT molecular complexity index is 950. The van der Waals surface area contributed by atoms with Crippen LogP contribution in [0.5, 0.6) is 0 Å². The maximum Gasteiger partial charge on any atom is 0.220 e. The average Bonchev–Trinajstić information content (AvgIpc) is 3.22. The number of hydrogen-bond donors (Lipinski definition) is 3. The van der Waals surface area contributed by atoms with Gasteiger partial charge in [-0.2, -0.15) is 0 Å². The molecule has 0 aromatic carbocycles. The fraction of sp³-hybridized carbons (Fsp3) is 0.792. The van der Waals surface area contributed by atoms with E-state index in [2.05, 4.69) is 67.8 Å². The van der Waals surface area contributed by atoms with Gasteiger partial charge < -0.3 is 15.5 Å². The topological polar surface area (TPSA) is 69.6 Å². The highest BCUT2D eigenvalue weighted by Crippen LogP contribution is 2.15. The molecule has 4 nitrogen and oxygen atoms in total. The molecular weight excluding hydrogens is 699 g/mol. The normalized spacial score (nSPS) is 13.4. The Hall–Kier alpha value is -1.91. The first-order valence-corrected chi connectivity index (χ1v) is 25.0. The number of hydrogen-bond acceptors (Lipinski definition) is 3. The van der Waals surface area contributed by atoms with Crippen molar-refractivity contribution in [2.75, 3.05) is 6.61 Å². The first kappa shape index (κ1) is 55.1. The fourth-order valence-corrected chi connectivity index (χ4v) is 7.36. The highest BCUT2D eigenvalue weighted by atomic mass is 16.3. The van der Waals surface area contributed by atoms with Crippen molar-refractivity contribution in [2.24, 2.45) is 0 Å². The Balaban J connectivity index is 3.60. The maximum absolute atomic E-state index is 12.4. The molecule has 0 saturated heterocycles. The molecule has 2 atom stereocenters. The number of allylic oxidation sites excluding steroid dienone is 9. The lowest BCUT2D eigenvalue weighted by Crippen LogP contribution is -2.45. The van der Waals surface area contributed by atoms with Gasteiger partial charge in [0, 0.05) is 6.42 Å². The molecule has 0 aliphatic carbocycles. The van der Waals surface area contributed by atoms with E-state index >= 15 is 0 Å². The van der Waals surface area contributed by atoms with Gasteiger partial charge in [-0.05, 0) is 77.0 Å². The van der Waals surface area contributed by atoms with Crippen LogP contribution in [0.25, 0.3) is 0 Å². The van der Waals surface area contributed by atoms with E-state index in [0.29, 0.717) is 6.42 Å². The molecular formula is C53H97NO3. The van der Waals surface area contributed by atoms with Crippen LogP contribution in [0, 0.1) is 0 Å². The van der Waals surface area contributed by atoms with Gasteiger partial charge >= 0.3 is 0 Å². The van der Waals surface area contributed by atoms with Crippen molar-refractivity contribution in [3.05, 3.63) is 60.8 Å². The van der Waals surface area contributed by atoms with Gasteiger partial charge in [0.15, 0.2) is 0 Å². The second-order valence-electron chi connectivity index (χ2n) is 16.9. The highest BCUT2D eigenvalue weighted by molar-refractivity contribution is 5.76. The molecule has 0 heterocycles. The largest absolute Gasteiger partial charge is 0.394 e. The van der Waals surface area contributed by atoms with E-state index in [9.17, 15) is 15.0 Å². The summed E-state index contributed by atoms with van der Waals surface area (Å²) in [5.74, 6) is -0.0866. The molecule has 0 aliphatic rings. The van der Waals surface area contributed by atoms with Crippen LogP contribution in [0.3, 0.4) is 0 Å². The molecule has 332 valence electrons. The zero-order chi connectivity index (χ0) is 41.4. The van der Waals surface area contributed by atoms with E-state index in [-0.39, 0.29) is 12.5 Å². The fourth-order valence-electron chi connectivity index (χ4n) is 7.36. The predicted molar refractivity (Wildman–Crippen MR) is 253 cm³/mol. The first-order chi connectivity index (χ1) is 28.2. The second-order valence-corrected chi connectivity index (χ2v) is 16.9. The molecule has 0 aromatic rings. The molecule has 2 unspecified atom stereocenters. The lowest BCUT2D eigenvalue weighted by molar-refractivity contribution is -0.123. The van der Waals surface area contributed by atoms with Crippen molar-refractivity contribution in [3.8, 4) is 0 Å². The minimum Gasteiger partial charge on any atom is -0.394 e. The Labute approximate surface area is 356 Å². The molecule has 0 aliphatic heterocycles. The standard InChI is InChI=1S/C53H97NO3/c1-3-5-7-9-11-13-15-17-19-21-22-23-24-25-26-27-28-29-30-31-33-34-36-38-40-42-44-46-48-52(56)51(50-55)54-53(57)49-47-45-43-41-39-37-35-32-20-18-16-14-12-10-8-6-4-2/h12,14,18,20,31,33,38,40,46,48,51-52,55-56H,3-11,13,15-17,19,21-30,32,34-37,39,41-45,47,49-50H2,1-2H3,(H,54,57)/b14-12-,20-18-,33-31+,40-38+,48-46+. The summed E-state index contributed by atoms with van der Waals surface area (Å²) in [6.07, 6.45) is 67.9. The van der Waals surface area contributed by atoms with Crippen molar-refractivity contribution in [1.82, 2.24) is 5.32 Å². The van der Waals surface area contributed by atoms with Crippen LogP contribution < -0.4 is 5.32 Å². The number of unbranched alkanes of at least 4 members (excludes halogenated alkanes) is 30. The maximum atomic E-state index is 12.4. The molecule has 4 heteroatoms. The van der Waals surface area contributed by atoms with Crippen LogP contribution in [0.2, 0.25) is 0 Å². The molecule has 1 amide bonds. The van der Waals surface area contributed by atoms with Crippen LogP contribution in [-0.4, -0.2) is 34.9 Å². The van der Waals surface area contributed by atoms with E-state index in [0.717, 1.165) is 51.4 Å². The van der Waals surface area contributed by atoms with Crippen LogP contribution >= 0.6 is 0 Å². The molecule has 0 spiro atoms. The predicted octanol–water partition coefficient (Wildman–Crippen LogP) is 16.1. The van der Waals surface area contributed by atoms with Crippen LogP contribution in [0.15, 0.2) is 60.8 Å². The number of aliphatic hydroxyl groups excluding tert-OH is 2. The van der Waals surface area contributed by atoms with Gasteiger partial charge in [0.1, 0.15) is 0 Å². The minimum absolute atomic E-state index is 0.0866. The van der Waals surface area contributed by atoms with Crippen molar-refractivity contribution in [2.45, 2.75) is 264 Å². The van der Waals surface area contributed by atoms with Gasteiger partial charge in [0.2, 0.25) is 5.91 Å². The third-order valence-corrected chi connectivity index (χ3v) is 11.2. The van der Waals surface area contributed by atoms with Crippen molar-refractivity contribution in [1.29, 1.82) is 0 Å².